The number of nitrogen functional groups attached to an aromatic ring is 1. The number of carbonyl (C=O) groups is 1. The highest BCUT2D eigenvalue weighted by Crippen LogP contribution is 2.35. The number of pyridine rings is 1. The quantitative estimate of drug-likeness (QED) is 0.369. The summed E-state index contributed by atoms with van der Waals surface area (Å²) >= 11 is 11.3. The van der Waals surface area contributed by atoms with Crippen molar-refractivity contribution in [1.29, 1.82) is 0 Å². The number of hydrogen-bond donors (Lipinski definition) is 4. The Bertz CT molecular complexity index is 563. The number of nitrogens with zero attached hydrogens (tertiary/aromatic N) is 1. The molecule has 0 aliphatic rings. The van der Waals surface area contributed by atoms with Crippen LogP contribution in [0.4, 0.5) is 10.1 Å². The lowest BCUT2D eigenvalue weighted by molar-refractivity contribution is -0.153. The lowest BCUT2D eigenvalue weighted by Gasteiger charge is -2.26. The summed E-state index contributed by atoms with van der Waals surface area (Å²) in [6, 6.07) is 0. The number of aliphatic hydroxyl groups excluding tert-OH is 3. The monoisotopic (exact) mass is 372 g/mol. The molecule has 5 N–H and O–H groups in total. The molecule has 0 aromatic carbocycles. The normalized spacial score (nSPS) is 11.4. The lowest BCUT2D eigenvalue weighted by Crippen LogP contribution is -2.40. The van der Waals surface area contributed by atoms with E-state index in [1.807, 2.05) is 0 Å². The third-order valence-corrected chi connectivity index (χ3v) is 3.64. The molecule has 8 nitrogen and oxygen atoms in total. The zero-order chi connectivity index (χ0) is 17.6. The summed E-state index contributed by atoms with van der Waals surface area (Å²) in [6.07, 6.45) is 0. The van der Waals surface area contributed by atoms with Crippen LogP contribution in [0, 0.1) is 11.4 Å². The van der Waals surface area contributed by atoms with Crippen molar-refractivity contribution in [2.75, 3.05) is 38.8 Å². The molecule has 0 fully saturated rings. The maximum Gasteiger partial charge on any atom is 0.344 e. The first-order chi connectivity index (χ1) is 10.8. The molecule has 11 heteroatoms. The zero-order valence-corrected chi connectivity index (χ0v) is 13.3. The number of aliphatic hydroxyl groups is 3. The van der Waals surface area contributed by atoms with Crippen molar-refractivity contribution < 1.29 is 34.0 Å². The molecule has 0 saturated carbocycles. The number of anilines is 1. The number of carbonyl (C=O) groups excluding carboxylic acids is 1. The Morgan fingerprint density at radius 2 is 1.78 bits per heavy atom. The zero-order valence-electron chi connectivity index (χ0n) is 11.8. The van der Waals surface area contributed by atoms with Crippen molar-refractivity contribution in [3.63, 3.8) is 0 Å². The van der Waals surface area contributed by atoms with Crippen LogP contribution in [0.25, 0.3) is 0 Å². The lowest BCUT2D eigenvalue weighted by atomic mass is 9.93. The standard InChI is InChI=1S/C12H15Cl2FN2O6/c13-7-9(16)8(14)11(17-10(7)15)22-1-6(21)23-5-12(2-18,3-19)4-20/h18-20H,1-5H2,(H2,16,17). The predicted molar refractivity (Wildman–Crippen MR) is 78.8 cm³/mol. The maximum atomic E-state index is 13.3. The fourth-order valence-electron chi connectivity index (χ4n) is 1.30. The van der Waals surface area contributed by atoms with Gasteiger partial charge in [-0.1, -0.05) is 23.2 Å². The van der Waals surface area contributed by atoms with E-state index in [2.05, 4.69) is 4.98 Å². The number of esters is 1. The topological polar surface area (TPSA) is 135 Å². The van der Waals surface area contributed by atoms with Crippen LogP contribution in [0.2, 0.25) is 10.0 Å². The molecule has 1 aromatic heterocycles. The molecule has 0 radical (unpaired) electrons. The Hall–Kier alpha value is -1.39. The first-order valence-electron chi connectivity index (χ1n) is 6.21. The highest BCUT2D eigenvalue weighted by molar-refractivity contribution is 6.39. The fraction of sp³-hybridized carbons (Fsp3) is 0.500. The van der Waals surface area contributed by atoms with Crippen LogP contribution in [0.5, 0.6) is 5.88 Å². The molecular formula is C12H15Cl2FN2O6. The van der Waals surface area contributed by atoms with E-state index in [1.165, 1.54) is 0 Å². The van der Waals surface area contributed by atoms with Gasteiger partial charge < -0.3 is 30.5 Å². The smallest absolute Gasteiger partial charge is 0.344 e. The molecule has 0 atom stereocenters. The Kier molecular flexibility index (Phi) is 7.23. The number of ether oxygens (including phenoxy) is 2. The molecule has 23 heavy (non-hydrogen) atoms. The van der Waals surface area contributed by atoms with E-state index in [4.69, 9.17) is 53.7 Å². The minimum atomic E-state index is -1.37. The number of nitrogens with two attached hydrogens (primary N) is 1. The molecule has 1 heterocycles. The SMILES string of the molecule is Nc1c(Cl)c(F)nc(OCC(=O)OCC(CO)(CO)CO)c1Cl. The van der Waals surface area contributed by atoms with E-state index < -0.39 is 61.3 Å². The van der Waals surface area contributed by atoms with Crippen LogP contribution in [0.15, 0.2) is 0 Å². The van der Waals surface area contributed by atoms with Crippen molar-refractivity contribution in [2.45, 2.75) is 0 Å². The van der Waals surface area contributed by atoms with Crippen molar-refractivity contribution in [2.24, 2.45) is 5.41 Å². The summed E-state index contributed by atoms with van der Waals surface area (Å²) in [7, 11) is 0. The van der Waals surface area contributed by atoms with Gasteiger partial charge in [-0.2, -0.15) is 9.37 Å². The van der Waals surface area contributed by atoms with E-state index >= 15 is 0 Å². The van der Waals surface area contributed by atoms with Crippen LogP contribution in [-0.4, -0.2) is 59.3 Å². The summed E-state index contributed by atoms with van der Waals surface area (Å²) in [4.78, 5) is 14.8. The number of rotatable bonds is 8. The first kappa shape index (κ1) is 19.7. The average molecular weight is 373 g/mol. The number of aromatic nitrogens is 1. The second kappa shape index (κ2) is 8.46. The highest BCUT2D eigenvalue weighted by atomic mass is 35.5. The largest absolute Gasteiger partial charge is 0.464 e. The van der Waals surface area contributed by atoms with Gasteiger partial charge in [-0.3, -0.25) is 0 Å². The molecule has 1 rings (SSSR count). The maximum absolute atomic E-state index is 13.3. The van der Waals surface area contributed by atoms with Gasteiger partial charge in [0.15, 0.2) is 6.61 Å². The van der Waals surface area contributed by atoms with Gasteiger partial charge in [0.25, 0.3) is 0 Å². The van der Waals surface area contributed by atoms with Crippen LogP contribution in [0.3, 0.4) is 0 Å². The molecule has 0 unspecified atom stereocenters. The molecule has 1 aromatic rings. The van der Waals surface area contributed by atoms with Gasteiger partial charge in [0.2, 0.25) is 11.8 Å². The molecule has 130 valence electrons. The van der Waals surface area contributed by atoms with E-state index in [9.17, 15) is 9.18 Å². The molecule has 0 saturated heterocycles. The van der Waals surface area contributed by atoms with Crippen LogP contribution in [-0.2, 0) is 9.53 Å². The number of hydrogen-bond acceptors (Lipinski definition) is 8. The molecular weight excluding hydrogens is 358 g/mol. The van der Waals surface area contributed by atoms with Crippen molar-refractivity contribution in [1.82, 2.24) is 4.98 Å². The third-order valence-electron chi connectivity index (χ3n) is 2.91. The van der Waals surface area contributed by atoms with Crippen molar-refractivity contribution in [3.8, 4) is 5.88 Å². The molecule has 0 aliphatic heterocycles. The summed E-state index contributed by atoms with van der Waals surface area (Å²) in [5.74, 6) is -2.48. The number of halogens is 3. The van der Waals surface area contributed by atoms with Crippen LogP contribution >= 0.6 is 23.2 Å². The summed E-state index contributed by atoms with van der Waals surface area (Å²) in [5.41, 5.74) is 3.78. The van der Waals surface area contributed by atoms with Gasteiger partial charge in [0.1, 0.15) is 16.7 Å². The van der Waals surface area contributed by atoms with Gasteiger partial charge in [0, 0.05) is 0 Å². The van der Waals surface area contributed by atoms with Crippen LogP contribution in [0.1, 0.15) is 0 Å². The van der Waals surface area contributed by atoms with E-state index in [-0.39, 0.29) is 10.7 Å². The Morgan fingerprint density at radius 1 is 1.22 bits per heavy atom. The Morgan fingerprint density at radius 3 is 2.30 bits per heavy atom. The van der Waals surface area contributed by atoms with Crippen LogP contribution < -0.4 is 10.5 Å². The first-order valence-corrected chi connectivity index (χ1v) is 6.96. The Balaban J connectivity index is 2.64. The van der Waals surface area contributed by atoms with Gasteiger partial charge in [-0.05, 0) is 0 Å². The van der Waals surface area contributed by atoms with Gasteiger partial charge in [0.05, 0.1) is 30.9 Å². The van der Waals surface area contributed by atoms with Gasteiger partial charge in [-0.25, -0.2) is 4.79 Å². The minimum absolute atomic E-state index is 0.264. The Labute approximate surface area is 140 Å². The summed E-state index contributed by atoms with van der Waals surface area (Å²) < 4.78 is 23.0. The molecule has 0 spiro atoms. The minimum Gasteiger partial charge on any atom is -0.464 e. The van der Waals surface area contributed by atoms with E-state index in [0.29, 0.717) is 0 Å². The fourth-order valence-corrected chi connectivity index (χ4v) is 1.67. The second-order valence-corrected chi connectivity index (χ2v) is 5.43. The summed E-state index contributed by atoms with van der Waals surface area (Å²) in [5, 5.41) is 26.5. The van der Waals surface area contributed by atoms with Crippen molar-refractivity contribution >= 4 is 34.9 Å². The van der Waals surface area contributed by atoms with E-state index in [0.717, 1.165) is 0 Å². The predicted octanol–water partition coefficient (Wildman–Crippen LogP) is -0.00500. The van der Waals surface area contributed by atoms with Gasteiger partial charge >= 0.3 is 5.97 Å². The third kappa shape index (κ3) is 4.79. The summed E-state index contributed by atoms with van der Waals surface area (Å²) in [6.45, 7) is -2.93. The van der Waals surface area contributed by atoms with Crippen molar-refractivity contribution in [3.05, 3.63) is 16.0 Å². The second-order valence-electron chi connectivity index (χ2n) is 4.67. The van der Waals surface area contributed by atoms with E-state index in [1.54, 1.807) is 0 Å². The molecule has 0 aliphatic carbocycles. The van der Waals surface area contributed by atoms with Gasteiger partial charge in [-0.15, -0.1) is 0 Å². The highest BCUT2D eigenvalue weighted by Gasteiger charge is 2.30. The molecule has 0 bridgehead atoms. The average Bonchev–Trinajstić information content (AvgIpc) is 2.56. The molecule has 0 amide bonds.